The van der Waals surface area contributed by atoms with E-state index in [9.17, 15) is 14.3 Å². The number of carbonyl (C=O) groups is 1. The Kier molecular flexibility index (Phi) is 4.74. The normalized spacial score (nSPS) is 13.4. The minimum atomic E-state index is -1.22. The lowest BCUT2D eigenvalue weighted by atomic mass is 10.0. The van der Waals surface area contributed by atoms with Crippen LogP contribution in [0.25, 0.3) is 10.1 Å². The fourth-order valence-electron chi connectivity index (χ4n) is 2.50. The molecule has 0 spiro atoms. The van der Waals surface area contributed by atoms with Gasteiger partial charge in [0.1, 0.15) is 5.60 Å². The topological polar surface area (TPSA) is 58.6 Å². The first kappa shape index (κ1) is 17.4. The van der Waals surface area contributed by atoms with Crippen molar-refractivity contribution < 1.29 is 19.0 Å². The Balaban J connectivity index is 1.72. The van der Waals surface area contributed by atoms with Crippen molar-refractivity contribution in [1.29, 1.82) is 0 Å². The zero-order valence-electron chi connectivity index (χ0n) is 13.9. The van der Waals surface area contributed by atoms with Gasteiger partial charge in [-0.2, -0.15) is 0 Å². The Morgan fingerprint density at radius 1 is 1.28 bits per heavy atom. The van der Waals surface area contributed by atoms with E-state index < -0.39 is 17.3 Å². The highest BCUT2D eigenvalue weighted by atomic mass is 32.1. The van der Waals surface area contributed by atoms with Gasteiger partial charge in [-0.1, -0.05) is 18.2 Å². The third-order valence-corrected chi connectivity index (χ3v) is 5.33. The number of ether oxygens (including phenoxy) is 1. The largest absolute Gasteiger partial charge is 0.494 e. The highest BCUT2D eigenvalue weighted by molar-refractivity contribution is 7.19. The van der Waals surface area contributed by atoms with Crippen LogP contribution in [0.2, 0.25) is 0 Å². The molecule has 1 aromatic heterocycles. The van der Waals surface area contributed by atoms with E-state index in [1.807, 2.05) is 30.3 Å². The smallest absolute Gasteiger partial charge is 0.251 e. The molecule has 0 saturated heterocycles. The van der Waals surface area contributed by atoms with Gasteiger partial charge in [0.15, 0.2) is 11.6 Å². The SMILES string of the molecule is COc1ccc(C(=O)NCC(C)(O)c2cc3ccccc3s2)cc1F. The predicted molar refractivity (Wildman–Crippen MR) is 96.7 cm³/mol. The van der Waals surface area contributed by atoms with E-state index >= 15 is 0 Å². The van der Waals surface area contributed by atoms with E-state index in [0.717, 1.165) is 21.0 Å². The Morgan fingerprint density at radius 3 is 2.72 bits per heavy atom. The van der Waals surface area contributed by atoms with Crippen molar-refractivity contribution in [3.63, 3.8) is 0 Å². The van der Waals surface area contributed by atoms with Crippen LogP contribution in [0.15, 0.2) is 48.5 Å². The molecule has 3 rings (SSSR count). The van der Waals surface area contributed by atoms with Gasteiger partial charge < -0.3 is 15.2 Å². The third kappa shape index (κ3) is 3.65. The summed E-state index contributed by atoms with van der Waals surface area (Å²) in [4.78, 5) is 13.0. The zero-order chi connectivity index (χ0) is 18.0. The maximum absolute atomic E-state index is 13.7. The molecular formula is C19H18FNO3S. The van der Waals surface area contributed by atoms with Crippen LogP contribution < -0.4 is 10.1 Å². The first-order chi connectivity index (χ1) is 11.9. The van der Waals surface area contributed by atoms with E-state index in [1.165, 1.54) is 30.6 Å². The van der Waals surface area contributed by atoms with Gasteiger partial charge in [0, 0.05) is 15.1 Å². The summed E-state index contributed by atoms with van der Waals surface area (Å²) < 4.78 is 19.6. The Morgan fingerprint density at radius 2 is 2.04 bits per heavy atom. The molecule has 0 aliphatic rings. The van der Waals surface area contributed by atoms with Crippen LogP contribution in [0.1, 0.15) is 22.2 Å². The van der Waals surface area contributed by atoms with Crippen molar-refractivity contribution in [2.75, 3.05) is 13.7 Å². The van der Waals surface area contributed by atoms with Crippen LogP contribution in [0.4, 0.5) is 4.39 Å². The summed E-state index contributed by atoms with van der Waals surface area (Å²) in [6.07, 6.45) is 0. The summed E-state index contributed by atoms with van der Waals surface area (Å²) in [5.74, 6) is -0.983. The predicted octanol–water partition coefficient (Wildman–Crippen LogP) is 3.69. The molecule has 25 heavy (non-hydrogen) atoms. The summed E-state index contributed by atoms with van der Waals surface area (Å²) >= 11 is 1.48. The Labute approximate surface area is 148 Å². The Bertz CT molecular complexity index is 887. The van der Waals surface area contributed by atoms with Gasteiger partial charge in [0.05, 0.1) is 13.7 Å². The van der Waals surface area contributed by atoms with Crippen LogP contribution >= 0.6 is 11.3 Å². The van der Waals surface area contributed by atoms with Gasteiger partial charge in [0.25, 0.3) is 5.91 Å². The highest BCUT2D eigenvalue weighted by Gasteiger charge is 2.26. The molecule has 1 heterocycles. The second kappa shape index (κ2) is 6.82. The van der Waals surface area contributed by atoms with E-state index in [4.69, 9.17) is 4.74 Å². The van der Waals surface area contributed by atoms with Crippen LogP contribution in [0, 0.1) is 5.82 Å². The quantitative estimate of drug-likeness (QED) is 0.730. The number of hydrogen-bond acceptors (Lipinski definition) is 4. The monoisotopic (exact) mass is 359 g/mol. The van der Waals surface area contributed by atoms with E-state index in [2.05, 4.69) is 5.32 Å². The summed E-state index contributed by atoms with van der Waals surface area (Å²) in [7, 11) is 1.36. The summed E-state index contributed by atoms with van der Waals surface area (Å²) in [6, 6.07) is 13.7. The molecule has 0 bridgehead atoms. The molecule has 0 saturated carbocycles. The second-order valence-corrected chi connectivity index (χ2v) is 7.04. The van der Waals surface area contributed by atoms with Crippen LogP contribution in [0.5, 0.6) is 5.75 Å². The number of rotatable bonds is 5. The lowest BCUT2D eigenvalue weighted by Gasteiger charge is -2.22. The maximum atomic E-state index is 13.7. The van der Waals surface area contributed by atoms with Gasteiger partial charge in [-0.15, -0.1) is 11.3 Å². The molecule has 6 heteroatoms. The van der Waals surface area contributed by atoms with E-state index in [0.29, 0.717) is 0 Å². The summed E-state index contributed by atoms with van der Waals surface area (Å²) in [5, 5.41) is 14.4. The minimum Gasteiger partial charge on any atom is -0.494 e. The zero-order valence-corrected chi connectivity index (χ0v) is 14.7. The van der Waals surface area contributed by atoms with Crippen molar-refractivity contribution in [1.82, 2.24) is 5.32 Å². The molecule has 0 aliphatic carbocycles. The van der Waals surface area contributed by atoms with Crippen molar-refractivity contribution in [3.8, 4) is 5.75 Å². The molecular weight excluding hydrogens is 341 g/mol. The second-order valence-electron chi connectivity index (χ2n) is 5.95. The van der Waals surface area contributed by atoms with Crippen molar-refractivity contribution in [2.24, 2.45) is 0 Å². The molecule has 2 N–H and O–H groups in total. The number of carbonyl (C=O) groups excluding carboxylic acids is 1. The molecule has 3 aromatic rings. The molecule has 0 fully saturated rings. The molecule has 1 atom stereocenters. The number of amides is 1. The maximum Gasteiger partial charge on any atom is 0.251 e. The fourth-order valence-corrected chi connectivity index (χ4v) is 3.60. The van der Waals surface area contributed by atoms with Gasteiger partial charge in [-0.25, -0.2) is 4.39 Å². The number of halogens is 1. The van der Waals surface area contributed by atoms with Gasteiger partial charge >= 0.3 is 0 Å². The van der Waals surface area contributed by atoms with Crippen LogP contribution in [-0.4, -0.2) is 24.7 Å². The van der Waals surface area contributed by atoms with Gasteiger partial charge in [-0.3, -0.25) is 4.79 Å². The average molecular weight is 359 g/mol. The van der Waals surface area contributed by atoms with Crippen LogP contribution in [-0.2, 0) is 5.60 Å². The Hall–Kier alpha value is -2.44. The number of aliphatic hydroxyl groups is 1. The van der Waals surface area contributed by atoms with Crippen molar-refractivity contribution in [2.45, 2.75) is 12.5 Å². The first-order valence-corrected chi connectivity index (χ1v) is 8.55. The number of thiophene rings is 1. The third-order valence-electron chi connectivity index (χ3n) is 3.96. The summed E-state index contributed by atoms with van der Waals surface area (Å²) in [5.41, 5.74) is -1.05. The van der Waals surface area contributed by atoms with Crippen molar-refractivity contribution in [3.05, 3.63) is 64.8 Å². The molecule has 130 valence electrons. The number of benzene rings is 2. The fraction of sp³-hybridized carbons (Fsp3) is 0.211. The van der Waals surface area contributed by atoms with Crippen LogP contribution in [0.3, 0.4) is 0 Å². The first-order valence-electron chi connectivity index (χ1n) is 7.74. The molecule has 0 aliphatic heterocycles. The van der Waals surface area contributed by atoms with Crippen molar-refractivity contribution >= 4 is 27.3 Å². The summed E-state index contributed by atoms with van der Waals surface area (Å²) in [6.45, 7) is 1.67. The molecule has 1 amide bonds. The minimum absolute atomic E-state index is 0.0201. The van der Waals surface area contributed by atoms with E-state index in [-0.39, 0.29) is 17.9 Å². The van der Waals surface area contributed by atoms with Gasteiger partial charge in [0.2, 0.25) is 0 Å². The number of fused-ring (bicyclic) bond motifs is 1. The number of hydrogen-bond donors (Lipinski definition) is 2. The standard InChI is InChI=1S/C19H18FNO3S/c1-19(23,17-10-12-5-3-4-6-16(12)25-17)11-21-18(22)13-7-8-15(24-2)14(20)9-13/h3-10,23H,11H2,1-2H3,(H,21,22). The van der Waals surface area contributed by atoms with E-state index in [1.54, 1.807) is 6.92 Å². The molecule has 4 nitrogen and oxygen atoms in total. The highest BCUT2D eigenvalue weighted by Crippen LogP contribution is 2.32. The lowest BCUT2D eigenvalue weighted by molar-refractivity contribution is 0.0557. The average Bonchev–Trinajstić information content (AvgIpc) is 3.05. The number of nitrogens with one attached hydrogen (secondary N) is 1. The molecule has 2 aromatic carbocycles. The lowest BCUT2D eigenvalue weighted by Crippen LogP contribution is -2.38. The molecule has 1 unspecified atom stereocenters. The molecule has 0 radical (unpaired) electrons. The number of methoxy groups -OCH3 is 1. The van der Waals surface area contributed by atoms with Gasteiger partial charge in [-0.05, 0) is 42.6 Å².